The highest BCUT2D eigenvalue weighted by atomic mass is 16.5. The Morgan fingerprint density at radius 2 is 2.05 bits per heavy atom. The third kappa shape index (κ3) is 2.96. The van der Waals surface area contributed by atoms with Gasteiger partial charge in [0.1, 0.15) is 6.33 Å². The Morgan fingerprint density at radius 1 is 1.24 bits per heavy atom. The normalized spacial score (nSPS) is 18.5. The average molecular weight is 286 g/mol. The van der Waals surface area contributed by atoms with Crippen molar-refractivity contribution in [2.75, 3.05) is 0 Å². The van der Waals surface area contributed by atoms with Gasteiger partial charge in [0.15, 0.2) is 11.9 Å². The Balaban J connectivity index is 1.69. The molecular weight excluding hydrogens is 272 g/mol. The van der Waals surface area contributed by atoms with Crippen LogP contribution < -0.4 is 0 Å². The molecule has 0 aliphatic heterocycles. The number of hydrogen-bond acceptors (Lipinski definition) is 6. The molecule has 0 saturated heterocycles. The molecule has 1 fully saturated rings. The molecule has 0 spiro atoms. The molecule has 0 N–H and O–H groups in total. The maximum absolute atomic E-state index is 12.0. The summed E-state index contributed by atoms with van der Waals surface area (Å²) in [6.45, 7) is 0. The summed E-state index contributed by atoms with van der Waals surface area (Å²) in [6.07, 6.45) is 3.79. The molecule has 3 rings (SSSR count). The summed E-state index contributed by atoms with van der Waals surface area (Å²) in [6, 6.07) is 6.70. The van der Waals surface area contributed by atoms with Gasteiger partial charge in [-0.25, -0.2) is 9.48 Å². The Morgan fingerprint density at radius 3 is 2.71 bits per heavy atom. The standard InChI is InChI=1S/C14H14N4O3/c19-12-3-1-2-4-13(12)21-14(20)10-5-7-11(8-6-10)18-9-15-16-17-18/h5-9,13H,1-4H2/t13-/m1/s1. The lowest BCUT2D eigenvalue weighted by Crippen LogP contribution is -2.30. The highest BCUT2D eigenvalue weighted by Crippen LogP contribution is 2.19. The van der Waals surface area contributed by atoms with E-state index in [1.54, 1.807) is 24.3 Å². The fraction of sp³-hybridized carbons (Fsp3) is 0.357. The SMILES string of the molecule is O=C(O[C@@H]1CCCCC1=O)c1ccc(-n2cnnn2)cc1. The van der Waals surface area contributed by atoms with Crippen molar-refractivity contribution in [2.45, 2.75) is 31.8 Å². The van der Waals surface area contributed by atoms with Crippen molar-refractivity contribution >= 4 is 11.8 Å². The van der Waals surface area contributed by atoms with E-state index in [2.05, 4.69) is 15.5 Å². The zero-order valence-corrected chi connectivity index (χ0v) is 11.3. The number of tetrazole rings is 1. The lowest BCUT2D eigenvalue weighted by atomic mass is 9.96. The number of rotatable bonds is 3. The maximum Gasteiger partial charge on any atom is 0.338 e. The van der Waals surface area contributed by atoms with Crippen molar-refractivity contribution in [1.29, 1.82) is 0 Å². The molecular formula is C14H14N4O3. The number of Topliss-reactive ketones (excluding diaryl/α,β-unsaturated/α-hetero) is 1. The molecule has 0 unspecified atom stereocenters. The molecule has 0 amide bonds. The fourth-order valence-electron chi connectivity index (χ4n) is 2.30. The average Bonchev–Trinajstić information content (AvgIpc) is 3.04. The molecule has 0 bridgehead atoms. The topological polar surface area (TPSA) is 87.0 Å². The predicted octanol–water partition coefficient (Wildman–Crippen LogP) is 1.33. The first-order chi connectivity index (χ1) is 10.2. The lowest BCUT2D eigenvalue weighted by Gasteiger charge is -2.20. The number of hydrogen-bond donors (Lipinski definition) is 0. The summed E-state index contributed by atoms with van der Waals surface area (Å²) in [5.74, 6) is -0.460. The second kappa shape index (κ2) is 5.82. The van der Waals surface area contributed by atoms with Crippen molar-refractivity contribution in [1.82, 2.24) is 20.2 Å². The molecule has 1 aliphatic rings. The minimum Gasteiger partial charge on any atom is -0.451 e. The van der Waals surface area contributed by atoms with Crippen molar-refractivity contribution in [3.8, 4) is 5.69 Å². The van der Waals surface area contributed by atoms with Crippen molar-refractivity contribution in [2.24, 2.45) is 0 Å². The van der Waals surface area contributed by atoms with E-state index in [0.29, 0.717) is 18.4 Å². The van der Waals surface area contributed by atoms with Gasteiger partial charge < -0.3 is 4.74 Å². The van der Waals surface area contributed by atoms with Gasteiger partial charge in [0.2, 0.25) is 0 Å². The van der Waals surface area contributed by atoms with Crippen molar-refractivity contribution in [3.05, 3.63) is 36.2 Å². The van der Waals surface area contributed by atoms with E-state index in [4.69, 9.17) is 4.74 Å². The summed E-state index contributed by atoms with van der Waals surface area (Å²) >= 11 is 0. The molecule has 1 aromatic heterocycles. The number of aromatic nitrogens is 4. The number of carbonyl (C=O) groups excluding carboxylic acids is 2. The second-order valence-corrected chi connectivity index (χ2v) is 4.91. The van der Waals surface area contributed by atoms with Gasteiger partial charge in [-0.3, -0.25) is 4.79 Å². The van der Waals surface area contributed by atoms with E-state index in [-0.39, 0.29) is 5.78 Å². The summed E-state index contributed by atoms with van der Waals surface area (Å²) in [5, 5.41) is 10.8. The number of esters is 1. The van der Waals surface area contributed by atoms with E-state index in [9.17, 15) is 9.59 Å². The molecule has 1 aliphatic carbocycles. The quantitative estimate of drug-likeness (QED) is 0.791. The van der Waals surface area contributed by atoms with E-state index in [1.807, 2.05) is 0 Å². The maximum atomic E-state index is 12.0. The summed E-state index contributed by atoms with van der Waals surface area (Å²) in [4.78, 5) is 23.7. The first-order valence-electron chi connectivity index (χ1n) is 6.81. The zero-order valence-electron chi connectivity index (χ0n) is 11.3. The fourth-order valence-corrected chi connectivity index (χ4v) is 2.30. The van der Waals surface area contributed by atoms with Gasteiger partial charge >= 0.3 is 5.97 Å². The molecule has 0 radical (unpaired) electrons. The summed E-state index contributed by atoms with van der Waals surface area (Å²) in [7, 11) is 0. The Hall–Kier alpha value is -2.57. The van der Waals surface area contributed by atoms with Gasteiger partial charge in [-0.1, -0.05) is 0 Å². The number of carbonyl (C=O) groups is 2. The monoisotopic (exact) mass is 286 g/mol. The first-order valence-corrected chi connectivity index (χ1v) is 6.81. The Bertz CT molecular complexity index is 637. The van der Waals surface area contributed by atoms with E-state index in [1.165, 1.54) is 11.0 Å². The molecule has 1 aromatic carbocycles. The number of nitrogens with zero attached hydrogens (tertiary/aromatic N) is 4. The molecule has 2 aromatic rings. The highest BCUT2D eigenvalue weighted by Gasteiger charge is 2.26. The molecule has 1 saturated carbocycles. The first kappa shape index (κ1) is 13.4. The van der Waals surface area contributed by atoms with Gasteiger partial charge in [0.05, 0.1) is 11.3 Å². The van der Waals surface area contributed by atoms with Crippen LogP contribution in [0.5, 0.6) is 0 Å². The van der Waals surface area contributed by atoms with Crippen LogP contribution in [-0.2, 0) is 9.53 Å². The molecule has 21 heavy (non-hydrogen) atoms. The Labute approximate surface area is 120 Å². The van der Waals surface area contributed by atoms with Crippen LogP contribution in [0.2, 0.25) is 0 Å². The van der Waals surface area contributed by atoms with Gasteiger partial charge in [0, 0.05) is 6.42 Å². The van der Waals surface area contributed by atoms with Crippen LogP contribution in [0.15, 0.2) is 30.6 Å². The summed E-state index contributed by atoms with van der Waals surface area (Å²) < 4.78 is 6.77. The predicted molar refractivity (Wildman–Crippen MR) is 71.8 cm³/mol. The van der Waals surface area contributed by atoms with E-state index in [0.717, 1.165) is 18.5 Å². The molecule has 7 heteroatoms. The van der Waals surface area contributed by atoms with Gasteiger partial charge in [-0.05, 0) is 54.0 Å². The van der Waals surface area contributed by atoms with Crippen LogP contribution in [0.1, 0.15) is 36.0 Å². The smallest absolute Gasteiger partial charge is 0.338 e. The number of benzene rings is 1. The number of ketones is 1. The van der Waals surface area contributed by atoms with Crippen molar-refractivity contribution < 1.29 is 14.3 Å². The van der Waals surface area contributed by atoms with Gasteiger partial charge in [-0.15, -0.1) is 5.10 Å². The molecule has 108 valence electrons. The van der Waals surface area contributed by atoms with Crippen LogP contribution in [0.4, 0.5) is 0 Å². The minimum absolute atomic E-state index is 0.0138. The van der Waals surface area contributed by atoms with Gasteiger partial charge in [-0.2, -0.15) is 0 Å². The third-order valence-corrected chi connectivity index (χ3v) is 3.46. The van der Waals surface area contributed by atoms with Crippen molar-refractivity contribution in [3.63, 3.8) is 0 Å². The molecule has 1 atom stereocenters. The van der Waals surface area contributed by atoms with Crippen LogP contribution in [0.25, 0.3) is 5.69 Å². The zero-order chi connectivity index (χ0) is 14.7. The second-order valence-electron chi connectivity index (χ2n) is 4.91. The Kier molecular flexibility index (Phi) is 3.72. The van der Waals surface area contributed by atoms with Crippen LogP contribution in [0, 0.1) is 0 Å². The van der Waals surface area contributed by atoms with Crippen LogP contribution in [0.3, 0.4) is 0 Å². The van der Waals surface area contributed by atoms with Crippen LogP contribution >= 0.6 is 0 Å². The number of ether oxygens (including phenoxy) is 1. The lowest BCUT2D eigenvalue weighted by molar-refractivity contribution is -0.129. The third-order valence-electron chi connectivity index (χ3n) is 3.46. The van der Waals surface area contributed by atoms with E-state index >= 15 is 0 Å². The minimum atomic E-state index is -0.592. The van der Waals surface area contributed by atoms with Crippen LogP contribution in [-0.4, -0.2) is 38.1 Å². The molecule has 1 heterocycles. The van der Waals surface area contributed by atoms with Gasteiger partial charge in [0.25, 0.3) is 0 Å². The molecule has 7 nitrogen and oxygen atoms in total. The van der Waals surface area contributed by atoms with E-state index < -0.39 is 12.1 Å². The highest BCUT2D eigenvalue weighted by molar-refractivity contribution is 5.93. The summed E-state index contributed by atoms with van der Waals surface area (Å²) in [5.41, 5.74) is 1.15. The largest absolute Gasteiger partial charge is 0.451 e.